The first-order valence-corrected chi connectivity index (χ1v) is 6.74. The minimum absolute atomic E-state index is 0.0749. The van der Waals surface area contributed by atoms with Gasteiger partial charge in [-0.05, 0) is 26.0 Å². The maximum atomic E-state index is 12.1. The second-order valence-electron chi connectivity index (χ2n) is 3.94. The SMILES string of the molecule is CCOc1cccc(C(=O)Cc2nc(C)cs2)c1. The van der Waals surface area contributed by atoms with Crippen molar-refractivity contribution in [3.8, 4) is 5.75 Å². The van der Waals surface area contributed by atoms with E-state index in [4.69, 9.17) is 4.74 Å². The molecule has 1 aromatic heterocycles. The normalized spacial score (nSPS) is 10.3. The molecule has 4 heteroatoms. The van der Waals surface area contributed by atoms with Crippen molar-refractivity contribution in [2.75, 3.05) is 6.61 Å². The van der Waals surface area contributed by atoms with Crippen LogP contribution in [0, 0.1) is 6.92 Å². The molecule has 0 atom stereocenters. The van der Waals surface area contributed by atoms with Gasteiger partial charge in [0, 0.05) is 16.6 Å². The van der Waals surface area contributed by atoms with Gasteiger partial charge in [-0.25, -0.2) is 4.98 Å². The number of thiazole rings is 1. The number of carbonyl (C=O) groups is 1. The fraction of sp³-hybridized carbons (Fsp3) is 0.286. The third-order valence-corrected chi connectivity index (χ3v) is 3.41. The van der Waals surface area contributed by atoms with Crippen LogP contribution in [-0.4, -0.2) is 17.4 Å². The number of aromatic nitrogens is 1. The minimum atomic E-state index is 0.0749. The smallest absolute Gasteiger partial charge is 0.169 e. The zero-order chi connectivity index (χ0) is 13.0. The molecular formula is C14H15NO2S. The van der Waals surface area contributed by atoms with Crippen molar-refractivity contribution in [1.82, 2.24) is 4.98 Å². The molecule has 0 spiro atoms. The Balaban J connectivity index is 2.11. The predicted molar refractivity (Wildman–Crippen MR) is 72.5 cm³/mol. The van der Waals surface area contributed by atoms with Gasteiger partial charge in [0.05, 0.1) is 13.0 Å². The summed E-state index contributed by atoms with van der Waals surface area (Å²) < 4.78 is 5.39. The molecule has 0 unspecified atom stereocenters. The first-order valence-electron chi connectivity index (χ1n) is 5.86. The first kappa shape index (κ1) is 12.8. The van der Waals surface area contributed by atoms with E-state index >= 15 is 0 Å². The zero-order valence-electron chi connectivity index (χ0n) is 10.5. The molecule has 0 N–H and O–H groups in total. The van der Waals surface area contributed by atoms with Crippen LogP contribution in [0.1, 0.15) is 28.0 Å². The molecule has 94 valence electrons. The standard InChI is InChI=1S/C14H15NO2S/c1-3-17-12-6-4-5-11(7-12)13(16)8-14-15-10(2)9-18-14/h4-7,9H,3,8H2,1-2H3. The van der Waals surface area contributed by atoms with E-state index in [0.29, 0.717) is 18.6 Å². The van der Waals surface area contributed by atoms with Crippen LogP contribution in [0.4, 0.5) is 0 Å². The molecule has 0 aliphatic heterocycles. The van der Waals surface area contributed by atoms with Gasteiger partial charge in [-0.2, -0.15) is 0 Å². The van der Waals surface area contributed by atoms with E-state index in [-0.39, 0.29) is 5.78 Å². The maximum absolute atomic E-state index is 12.1. The lowest BCUT2D eigenvalue weighted by atomic mass is 10.1. The molecule has 0 aliphatic carbocycles. The number of hydrogen-bond donors (Lipinski definition) is 0. The average Bonchev–Trinajstić information content (AvgIpc) is 2.75. The summed E-state index contributed by atoms with van der Waals surface area (Å²) in [6.07, 6.45) is 0.355. The molecule has 0 saturated heterocycles. The lowest BCUT2D eigenvalue weighted by molar-refractivity contribution is 0.0992. The van der Waals surface area contributed by atoms with Crippen LogP contribution in [0.5, 0.6) is 5.75 Å². The molecule has 0 fully saturated rings. The fourth-order valence-corrected chi connectivity index (χ4v) is 2.42. The number of carbonyl (C=O) groups excluding carboxylic acids is 1. The monoisotopic (exact) mass is 261 g/mol. The van der Waals surface area contributed by atoms with E-state index in [9.17, 15) is 4.79 Å². The van der Waals surface area contributed by atoms with Crippen LogP contribution >= 0.6 is 11.3 Å². The Morgan fingerprint density at radius 2 is 2.28 bits per heavy atom. The Kier molecular flexibility index (Phi) is 4.10. The minimum Gasteiger partial charge on any atom is -0.494 e. The van der Waals surface area contributed by atoms with Gasteiger partial charge in [0.15, 0.2) is 5.78 Å². The van der Waals surface area contributed by atoms with Crippen molar-refractivity contribution in [2.24, 2.45) is 0 Å². The van der Waals surface area contributed by atoms with Gasteiger partial charge in [0.1, 0.15) is 10.8 Å². The van der Waals surface area contributed by atoms with Gasteiger partial charge in [0.25, 0.3) is 0 Å². The van der Waals surface area contributed by atoms with E-state index in [1.807, 2.05) is 37.4 Å². The van der Waals surface area contributed by atoms with Crippen molar-refractivity contribution in [3.63, 3.8) is 0 Å². The lowest BCUT2D eigenvalue weighted by Crippen LogP contribution is -2.04. The highest BCUT2D eigenvalue weighted by molar-refractivity contribution is 7.09. The van der Waals surface area contributed by atoms with Crippen molar-refractivity contribution in [2.45, 2.75) is 20.3 Å². The van der Waals surface area contributed by atoms with E-state index in [2.05, 4.69) is 4.98 Å². The topological polar surface area (TPSA) is 39.2 Å². The van der Waals surface area contributed by atoms with Crippen LogP contribution < -0.4 is 4.74 Å². The van der Waals surface area contributed by atoms with Crippen LogP contribution in [0.3, 0.4) is 0 Å². The first-order chi connectivity index (χ1) is 8.69. The molecule has 18 heavy (non-hydrogen) atoms. The maximum Gasteiger partial charge on any atom is 0.169 e. The molecule has 0 radical (unpaired) electrons. The summed E-state index contributed by atoms with van der Waals surface area (Å²) >= 11 is 1.52. The number of Topliss-reactive ketones (excluding diaryl/α,β-unsaturated/α-hetero) is 1. The summed E-state index contributed by atoms with van der Waals surface area (Å²) in [7, 11) is 0. The number of ether oxygens (including phenoxy) is 1. The molecule has 1 heterocycles. The summed E-state index contributed by atoms with van der Waals surface area (Å²) in [5, 5.41) is 2.82. The van der Waals surface area contributed by atoms with E-state index in [1.54, 1.807) is 6.07 Å². The average molecular weight is 261 g/mol. The molecule has 3 nitrogen and oxygen atoms in total. The highest BCUT2D eigenvalue weighted by atomic mass is 32.1. The number of aryl methyl sites for hydroxylation is 1. The van der Waals surface area contributed by atoms with Crippen molar-refractivity contribution < 1.29 is 9.53 Å². The number of hydrogen-bond acceptors (Lipinski definition) is 4. The number of benzene rings is 1. The third-order valence-electron chi connectivity index (χ3n) is 2.45. The Morgan fingerprint density at radius 3 is 2.94 bits per heavy atom. The molecular weight excluding hydrogens is 246 g/mol. The summed E-state index contributed by atoms with van der Waals surface area (Å²) in [5.74, 6) is 0.810. The third kappa shape index (κ3) is 3.17. The van der Waals surface area contributed by atoms with Gasteiger partial charge in [-0.15, -0.1) is 11.3 Å². The van der Waals surface area contributed by atoms with Gasteiger partial charge in [0.2, 0.25) is 0 Å². The lowest BCUT2D eigenvalue weighted by Gasteiger charge is -2.04. The second-order valence-corrected chi connectivity index (χ2v) is 4.89. The summed E-state index contributed by atoms with van der Waals surface area (Å²) in [5.41, 5.74) is 1.64. The number of rotatable bonds is 5. The summed E-state index contributed by atoms with van der Waals surface area (Å²) in [6, 6.07) is 7.29. The predicted octanol–water partition coefficient (Wildman–Crippen LogP) is 3.28. The largest absolute Gasteiger partial charge is 0.494 e. The van der Waals surface area contributed by atoms with E-state index in [0.717, 1.165) is 16.5 Å². The molecule has 0 amide bonds. The van der Waals surface area contributed by atoms with Crippen LogP contribution in [-0.2, 0) is 6.42 Å². The molecule has 1 aromatic carbocycles. The van der Waals surface area contributed by atoms with Crippen LogP contribution in [0.15, 0.2) is 29.6 Å². The molecule has 2 rings (SSSR count). The van der Waals surface area contributed by atoms with E-state index in [1.165, 1.54) is 11.3 Å². The molecule has 0 saturated carbocycles. The van der Waals surface area contributed by atoms with E-state index < -0.39 is 0 Å². The van der Waals surface area contributed by atoms with Gasteiger partial charge >= 0.3 is 0 Å². The van der Waals surface area contributed by atoms with Crippen molar-refractivity contribution >= 4 is 17.1 Å². The molecule has 2 aromatic rings. The van der Waals surface area contributed by atoms with Gasteiger partial charge in [-0.3, -0.25) is 4.79 Å². The van der Waals surface area contributed by atoms with Gasteiger partial charge < -0.3 is 4.74 Å². The van der Waals surface area contributed by atoms with Crippen molar-refractivity contribution in [1.29, 1.82) is 0 Å². The van der Waals surface area contributed by atoms with Crippen molar-refractivity contribution in [3.05, 3.63) is 45.9 Å². The number of nitrogens with zero attached hydrogens (tertiary/aromatic N) is 1. The fourth-order valence-electron chi connectivity index (χ4n) is 1.65. The van der Waals surface area contributed by atoms with Crippen LogP contribution in [0.2, 0.25) is 0 Å². The van der Waals surface area contributed by atoms with Crippen LogP contribution in [0.25, 0.3) is 0 Å². The summed E-state index contributed by atoms with van der Waals surface area (Å²) in [4.78, 5) is 16.4. The Labute approximate surface area is 110 Å². The Bertz CT molecular complexity index is 548. The molecule has 0 bridgehead atoms. The summed E-state index contributed by atoms with van der Waals surface area (Å²) in [6.45, 7) is 4.45. The Hall–Kier alpha value is -1.68. The zero-order valence-corrected chi connectivity index (χ0v) is 11.3. The molecule has 0 aliphatic rings. The Morgan fingerprint density at radius 1 is 1.44 bits per heavy atom. The quantitative estimate of drug-likeness (QED) is 0.775. The highest BCUT2D eigenvalue weighted by Crippen LogP contribution is 2.17. The van der Waals surface area contributed by atoms with Gasteiger partial charge in [-0.1, -0.05) is 12.1 Å². The second kappa shape index (κ2) is 5.78. The highest BCUT2D eigenvalue weighted by Gasteiger charge is 2.10. The number of ketones is 1.